The molecule has 3 aromatic carbocycles. The molecule has 0 aromatic heterocycles. The van der Waals surface area contributed by atoms with Gasteiger partial charge in [0.15, 0.2) is 11.5 Å². The van der Waals surface area contributed by atoms with Crippen molar-refractivity contribution in [3.05, 3.63) is 82.9 Å². The number of thiocarbonyl (C=S) groups is 1. The number of carbonyl (C=O) groups is 1. The maximum Gasteiger partial charge on any atom is 0.157 e. The lowest BCUT2D eigenvalue weighted by Gasteiger charge is -2.17. The highest BCUT2D eigenvalue weighted by Crippen LogP contribution is 2.51. The van der Waals surface area contributed by atoms with Crippen LogP contribution in [0, 0.1) is 6.92 Å². The van der Waals surface area contributed by atoms with E-state index in [4.69, 9.17) is 12.2 Å². The molecule has 3 nitrogen and oxygen atoms in total. The van der Waals surface area contributed by atoms with Crippen LogP contribution < -0.4 is 0 Å². The van der Waals surface area contributed by atoms with E-state index < -0.39 is 5.41 Å². The first-order valence-corrected chi connectivity index (χ1v) is 10.1. The van der Waals surface area contributed by atoms with Gasteiger partial charge in [-0.2, -0.15) is 0 Å². The summed E-state index contributed by atoms with van der Waals surface area (Å²) in [6.45, 7) is 2.05. The third-order valence-electron chi connectivity index (χ3n) is 5.97. The Kier molecular flexibility index (Phi) is 4.97. The molecule has 4 heteroatoms. The average Bonchev–Trinajstić information content (AvgIpc) is 3.54. The Balaban J connectivity index is 1.61. The molecule has 1 aliphatic carbocycles. The topological polar surface area (TPSA) is 57.5 Å². The Labute approximate surface area is 175 Å². The molecule has 4 rings (SSSR count). The number of hydrogen-bond acceptors (Lipinski definition) is 4. The lowest BCUT2D eigenvalue weighted by atomic mass is 9.85. The lowest BCUT2D eigenvalue weighted by molar-refractivity contribution is -0.120. The van der Waals surface area contributed by atoms with Crippen LogP contribution in [0.15, 0.2) is 60.7 Å². The highest BCUT2D eigenvalue weighted by molar-refractivity contribution is 7.79. The van der Waals surface area contributed by atoms with Crippen molar-refractivity contribution in [2.24, 2.45) is 0 Å². The fourth-order valence-electron chi connectivity index (χ4n) is 3.95. The summed E-state index contributed by atoms with van der Waals surface area (Å²) in [6, 6.07) is 18.9. The number of carbonyl (C=O) groups excluding carboxylic acids is 1. The monoisotopic (exact) mass is 402 g/mol. The van der Waals surface area contributed by atoms with Crippen LogP contribution in [0.4, 0.5) is 0 Å². The van der Waals surface area contributed by atoms with E-state index >= 15 is 0 Å². The highest BCUT2D eigenvalue weighted by Gasteiger charge is 2.50. The maximum atomic E-state index is 13.2. The molecule has 0 aliphatic heterocycles. The zero-order valence-electron chi connectivity index (χ0n) is 16.2. The van der Waals surface area contributed by atoms with Gasteiger partial charge in [0.05, 0.1) is 5.41 Å². The van der Waals surface area contributed by atoms with Crippen molar-refractivity contribution in [2.75, 3.05) is 0 Å². The Morgan fingerprint density at radius 1 is 1.03 bits per heavy atom. The van der Waals surface area contributed by atoms with E-state index in [9.17, 15) is 15.0 Å². The van der Waals surface area contributed by atoms with Gasteiger partial charge in [-0.3, -0.25) is 4.79 Å². The number of rotatable bonds is 6. The van der Waals surface area contributed by atoms with Gasteiger partial charge in [0.1, 0.15) is 5.78 Å². The quantitative estimate of drug-likeness (QED) is 0.436. The number of ketones is 1. The van der Waals surface area contributed by atoms with Crippen molar-refractivity contribution in [2.45, 2.75) is 31.6 Å². The van der Waals surface area contributed by atoms with E-state index in [1.807, 2.05) is 36.4 Å². The molecule has 1 aliphatic rings. The highest BCUT2D eigenvalue weighted by atomic mass is 32.1. The molecule has 0 bridgehead atoms. The van der Waals surface area contributed by atoms with E-state index in [1.54, 1.807) is 11.4 Å². The van der Waals surface area contributed by atoms with Crippen molar-refractivity contribution in [1.29, 1.82) is 0 Å². The first-order valence-electron chi connectivity index (χ1n) is 9.64. The molecular formula is C25H22O3S. The summed E-state index contributed by atoms with van der Waals surface area (Å²) < 4.78 is 0. The van der Waals surface area contributed by atoms with Crippen molar-refractivity contribution < 1.29 is 15.0 Å². The molecule has 0 saturated heterocycles. The van der Waals surface area contributed by atoms with Crippen molar-refractivity contribution in [3.63, 3.8) is 0 Å². The molecule has 0 radical (unpaired) electrons. The van der Waals surface area contributed by atoms with Crippen LogP contribution in [-0.4, -0.2) is 21.4 Å². The minimum absolute atomic E-state index is 0.152. The first kappa shape index (κ1) is 19.3. The van der Waals surface area contributed by atoms with Crippen LogP contribution >= 0.6 is 12.2 Å². The van der Waals surface area contributed by atoms with Gasteiger partial charge >= 0.3 is 0 Å². The lowest BCUT2D eigenvalue weighted by Crippen LogP contribution is -2.22. The largest absolute Gasteiger partial charge is 0.504 e. The molecule has 1 saturated carbocycles. The summed E-state index contributed by atoms with van der Waals surface area (Å²) in [5.41, 5.74) is 5.55. The molecule has 3 aromatic rings. The number of benzene rings is 3. The van der Waals surface area contributed by atoms with Gasteiger partial charge in [-0.05, 0) is 65.3 Å². The zero-order valence-corrected chi connectivity index (χ0v) is 17.0. The van der Waals surface area contributed by atoms with E-state index in [-0.39, 0.29) is 17.3 Å². The number of aromatic hydroxyl groups is 2. The van der Waals surface area contributed by atoms with Crippen molar-refractivity contribution in [1.82, 2.24) is 0 Å². The summed E-state index contributed by atoms with van der Waals surface area (Å²) >= 11 is 4.98. The third kappa shape index (κ3) is 3.56. The Morgan fingerprint density at radius 2 is 1.76 bits per heavy atom. The molecule has 0 amide bonds. The Bertz CT molecular complexity index is 1100. The van der Waals surface area contributed by atoms with Crippen LogP contribution in [0.2, 0.25) is 0 Å². The molecule has 0 atom stereocenters. The summed E-state index contributed by atoms with van der Waals surface area (Å²) in [5.74, 6) is -0.196. The second kappa shape index (κ2) is 7.45. The molecule has 2 N–H and O–H groups in total. The minimum atomic E-state index is -0.547. The number of Topliss-reactive ketones (excluding diaryl/α,β-unsaturated/α-hetero) is 1. The second-order valence-electron chi connectivity index (χ2n) is 7.72. The van der Waals surface area contributed by atoms with E-state index in [0.717, 1.165) is 46.2 Å². The second-order valence-corrected chi connectivity index (χ2v) is 7.95. The van der Waals surface area contributed by atoms with Gasteiger partial charge in [-0.1, -0.05) is 60.7 Å². The van der Waals surface area contributed by atoms with Gasteiger partial charge in [0, 0.05) is 11.8 Å². The Morgan fingerprint density at radius 3 is 2.38 bits per heavy atom. The van der Waals surface area contributed by atoms with Crippen LogP contribution in [0.3, 0.4) is 0 Å². The van der Waals surface area contributed by atoms with Gasteiger partial charge in [-0.15, -0.1) is 0 Å². The van der Waals surface area contributed by atoms with Crippen molar-refractivity contribution in [3.8, 4) is 22.6 Å². The summed E-state index contributed by atoms with van der Waals surface area (Å²) in [5, 5.41) is 21.1. The zero-order chi connectivity index (χ0) is 20.6. The summed E-state index contributed by atoms with van der Waals surface area (Å²) in [6.07, 6.45) is 1.89. The van der Waals surface area contributed by atoms with Crippen LogP contribution in [-0.2, 0) is 16.6 Å². The third-order valence-corrected chi connectivity index (χ3v) is 6.24. The maximum absolute atomic E-state index is 13.2. The van der Waals surface area contributed by atoms with Gasteiger partial charge in [0.2, 0.25) is 0 Å². The van der Waals surface area contributed by atoms with E-state index in [0.29, 0.717) is 6.42 Å². The predicted molar refractivity (Wildman–Crippen MR) is 119 cm³/mol. The normalized spacial score (nSPS) is 14.4. The molecule has 0 heterocycles. The minimum Gasteiger partial charge on any atom is -0.504 e. The van der Waals surface area contributed by atoms with Gasteiger partial charge < -0.3 is 10.2 Å². The summed E-state index contributed by atoms with van der Waals surface area (Å²) in [7, 11) is 0. The van der Waals surface area contributed by atoms with E-state index in [1.165, 1.54) is 12.1 Å². The molecular weight excluding hydrogens is 380 g/mol. The number of phenolic OH excluding ortho intramolecular Hbond substituents is 2. The predicted octanol–water partition coefficient (Wildman–Crippen LogP) is 5.26. The van der Waals surface area contributed by atoms with Crippen LogP contribution in [0.25, 0.3) is 11.1 Å². The number of hydrogen-bond donors (Lipinski definition) is 2. The SMILES string of the molecule is Cc1c(CC(=O)C2(c3ccc(O)c(O)c3)CC2)cccc1-c1ccc(C=S)cc1. The summed E-state index contributed by atoms with van der Waals surface area (Å²) in [4.78, 5) is 13.2. The van der Waals surface area contributed by atoms with Crippen LogP contribution in [0.1, 0.15) is 35.1 Å². The molecule has 1 fully saturated rings. The van der Waals surface area contributed by atoms with Gasteiger partial charge in [0.25, 0.3) is 0 Å². The Hall–Kier alpha value is -2.98. The van der Waals surface area contributed by atoms with Gasteiger partial charge in [-0.25, -0.2) is 0 Å². The molecule has 146 valence electrons. The first-order chi connectivity index (χ1) is 13.9. The fraction of sp³-hybridized carbons (Fsp3) is 0.200. The molecule has 0 unspecified atom stereocenters. The standard InChI is InChI=1S/C25H22O3S/c1-16-19(3-2-4-21(16)18-7-5-17(15-29)6-8-18)13-24(28)25(11-12-25)20-9-10-22(26)23(27)14-20/h2-10,14-15,26-27H,11-13H2,1H3. The average molecular weight is 403 g/mol. The smallest absolute Gasteiger partial charge is 0.157 e. The molecule has 29 heavy (non-hydrogen) atoms. The van der Waals surface area contributed by atoms with E-state index in [2.05, 4.69) is 13.0 Å². The molecule has 0 spiro atoms. The fourth-order valence-corrected chi connectivity index (χ4v) is 4.10. The van der Waals surface area contributed by atoms with Crippen LogP contribution in [0.5, 0.6) is 11.5 Å². The van der Waals surface area contributed by atoms with Crippen molar-refractivity contribution >= 4 is 23.4 Å². The number of phenols is 2.